The number of aliphatic hydroxyl groups excluding tert-OH is 1. The minimum Gasteiger partial charge on any atom is -0.497 e. The van der Waals surface area contributed by atoms with E-state index in [-0.39, 0.29) is 12.1 Å². The highest BCUT2D eigenvalue weighted by Gasteiger charge is 2.27. The van der Waals surface area contributed by atoms with E-state index >= 15 is 0 Å². The Kier molecular flexibility index (Phi) is 4.78. The maximum atomic E-state index is 9.17. The van der Waals surface area contributed by atoms with Crippen molar-refractivity contribution in [2.24, 2.45) is 0 Å². The molecule has 0 saturated carbocycles. The molecule has 0 spiro atoms. The Morgan fingerprint density at radius 2 is 2.00 bits per heavy atom. The lowest BCUT2D eigenvalue weighted by Gasteiger charge is -2.31. The quantitative estimate of drug-likeness (QED) is 0.790. The van der Waals surface area contributed by atoms with Crippen molar-refractivity contribution in [1.82, 2.24) is 5.32 Å². The number of hydrogen-bond acceptors (Lipinski definition) is 4. The van der Waals surface area contributed by atoms with Crippen LogP contribution in [0.2, 0.25) is 0 Å². The van der Waals surface area contributed by atoms with E-state index in [2.05, 4.69) is 5.32 Å². The van der Waals surface area contributed by atoms with E-state index in [1.165, 1.54) is 0 Å². The van der Waals surface area contributed by atoms with E-state index in [1.54, 1.807) is 14.2 Å². The summed E-state index contributed by atoms with van der Waals surface area (Å²) in [5.41, 5.74) is 0.644. The largest absolute Gasteiger partial charge is 0.497 e. The van der Waals surface area contributed by atoms with Crippen molar-refractivity contribution >= 4 is 0 Å². The Hall–Kier alpha value is -1.26. The first-order chi connectivity index (χ1) is 8.11. The third kappa shape index (κ3) is 2.90. The molecule has 0 saturated heterocycles. The van der Waals surface area contributed by atoms with Crippen molar-refractivity contribution < 1.29 is 14.6 Å². The summed E-state index contributed by atoms with van der Waals surface area (Å²) in [6.07, 6.45) is 0.604. The predicted octanol–water partition coefficient (Wildman–Crippen LogP) is 1.52. The molecular weight excluding hydrogens is 218 g/mol. The van der Waals surface area contributed by atoms with Gasteiger partial charge in [0.2, 0.25) is 0 Å². The molecule has 1 aromatic carbocycles. The van der Waals surface area contributed by atoms with Crippen LogP contribution in [0.25, 0.3) is 0 Å². The summed E-state index contributed by atoms with van der Waals surface area (Å²) >= 11 is 0. The number of nitrogens with one attached hydrogen (secondary N) is 1. The number of benzene rings is 1. The zero-order valence-corrected chi connectivity index (χ0v) is 10.9. The number of ether oxygens (including phenoxy) is 2. The van der Waals surface area contributed by atoms with Crippen LogP contribution < -0.4 is 14.8 Å². The minimum absolute atomic E-state index is 0.109. The van der Waals surface area contributed by atoms with Crippen molar-refractivity contribution in [2.75, 3.05) is 27.9 Å². The molecule has 0 heterocycles. The van der Waals surface area contributed by atoms with Crippen LogP contribution in [0.4, 0.5) is 0 Å². The predicted molar refractivity (Wildman–Crippen MR) is 67.7 cm³/mol. The molecule has 0 aromatic heterocycles. The minimum atomic E-state index is -0.339. The summed E-state index contributed by atoms with van der Waals surface area (Å²) in [7, 11) is 5.14. The van der Waals surface area contributed by atoms with Gasteiger partial charge >= 0.3 is 0 Å². The second kappa shape index (κ2) is 5.89. The van der Waals surface area contributed by atoms with Gasteiger partial charge in [0.25, 0.3) is 0 Å². The summed E-state index contributed by atoms with van der Waals surface area (Å²) in [6, 6.07) is 5.67. The van der Waals surface area contributed by atoms with E-state index in [0.717, 1.165) is 17.1 Å². The van der Waals surface area contributed by atoms with Crippen LogP contribution in [-0.4, -0.2) is 33.0 Å². The third-order valence-corrected chi connectivity index (χ3v) is 3.16. The number of hydrogen-bond donors (Lipinski definition) is 2. The molecule has 96 valence electrons. The standard InChI is InChI=1S/C13H21NO3/c1-13(14-2,7-8-15)11-9-10(16-3)5-6-12(11)17-4/h5-6,9,14-15H,7-8H2,1-4H3. The van der Waals surface area contributed by atoms with Crippen molar-refractivity contribution in [3.05, 3.63) is 23.8 Å². The summed E-state index contributed by atoms with van der Waals surface area (Å²) in [6.45, 7) is 2.14. The van der Waals surface area contributed by atoms with Gasteiger partial charge in [0.05, 0.1) is 14.2 Å². The average Bonchev–Trinajstić information content (AvgIpc) is 2.38. The average molecular weight is 239 g/mol. The summed E-state index contributed by atoms with van der Waals surface area (Å²) in [5.74, 6) is 1.57. The lowest BCUT2D eigenvalue weighted by molar-refractivity contribution is 0.224. The summed E-state index contributed by atoms with van der Waals surface area (Å²) in [4.78, 5) is 0. The molecule has 17 heavy (non-hydrogen) atoms. The Morgan fingerprint density at radius 3 is 2.47 bits per heavy atom. The van der Waals surface area contributed by atoms with Gasteiger partial charge in [0.1, 0.15) is 11.5 Å². The fraction of sp³-hybridized carbons (Fsp3) is 0.538. The lowest BCUT2D eigenvalue weighted by atomic mass is 9.88. The van der Waals surface area contributed by atoms with Crippen molar-refractivity contribution in [3.63, 3.8) is 0 Å². The van der Waals surface area contributed by atoms with Gasteiger partial charge in [0, 0.05) is 17.7 Å². The van der Waals surface area contributed by atoms with Gasteiger partial charge in [0.15, 0.2) is 0 Å². The highest BCUT2D eigenvalue weighted by molar-refractivity contribution is 5.44. The summed E-state index contributed by atoms with van der Waals surface area (Å²) in [5, 5.41) is 12.4. The fourth-order valence-electron chi connectivity index (χ4n) is 1.86. The molecule has 1 atom stereocenters. The van der Waals surface area contributed by atoms with Crippen LogP contribution in [0.1, 0.15) is 18.9 Å². The van der Waals surface area contributed by atoms with E-state index in [4.69, 9.17) is 9.47 Å². The number of methoxy groups -OCH3 is 2. The highest BCUT2D eigenvalue weighted by atomic mass is 16.5. The molecular formula is C13H21NO3. The van der Waals surface area contributed by atoms with E-state index in [0.29, 0.717) is 6.42 Å². The van der Waals surface area contributed by atoms with Crippen LogP contribution in [0.3, 0.4) is 0 Å². The van der Waals surface area contributed by atoms with Gasteiger partial charge in [-0.25, -0.2) is 0 Å². The Morgan fingerprint density at radius 1 is 1.29 bits per heavy atom. The molecule has 0 bridgehead atoms. The monoisotopic (exact) mass is 239 g/mol. The molecule has 0 aliphatic rings. The second-order valence-corrected chi connectivity index (χ2v) is 4.12. The smallest absolute Gasteiger partial charge is 0.124 e. The Balaban J connectivity index is 3.24. The van der Waals surface area contributed by atoms with Gasteiger partial charge in [-0.05, 0) is 38.6 Å². The Labute approximate surface area is 103 Å². The summed E-state index contributed by atoms with van der Waals surface area (Å²) < 4.78 is 10.6. The lowest BCUT2D eigenvalue weighted by Crippen LogP contribution is -2.38. The normalized spacial score (nSPS) is 14.2. The van der Waals surface area contributed by atoms with Gasteiger partial charge < -0.3 is 19.9 Å². The first-order valence-corrected chi connectivity index (χ1v) is 5.63. The molecule has 4 nitrogen and oxygen atoms in total. The van der Waals surface area contributed by atoms with Crippen molar-refractivity contribution in [1.29, 1.82) is 0 Å². The molecule has 0 amide bonds. The number of rotatable bonds is 6. The van der Waals surface area contributed by atoms with Crippen LogP contribution in [0, 0.1) is 0 Å². The maximum absolute atomic E-state index is 9.17. The van der Waals surface area contributed by atoms with Gasteiger partial charge in [-0.1, -0.05) is 0 Å². The number of aliphatic hydroxyl groups is 1. The van der Waals surface area contributed by atoms with Crippen molar-refractivity contribution in [3.8, 4) is 11.5 Å². The molecule has 2 N–H and O–H groups in total. The van der Waals surface area contributed by atoms with E-state index < -0.39 is 0 Å². The third-order valence-electron chi connectivity index (χ3n) is 3.16. The van der Waals surface area contributed by atoms with Gasteiger partial charge in [-0.3, -0.25) is 0 Å². The van der Waals surface area contributed by atoms with Gasteiger partial charge in [-0.2, -0.15) is 0 Å². The topological polar surface area (TPSA) is 50.7 Å². The molecule has 0 fully saturated rings. The first-order valence-electron chi connectivity index (χ1n) is 5.63. The maximum Gasteiger partial charge on any atom is 0.124 e. The fourth-order valence-corrected chi connectivity index (χ4v) is 1.86. The SMILES string of the molecule is CNC(C)(CCO)c1cc(OC)ccc1OC. The van der Waals surface area contributed by atoms with E-state index in [9.17, 15) is 5.11 Å². The van der Waals surface area contributed by atoms with E-state index in [1.807, 2.05) is 32.2 Å². The zero-order chi connectivity index (χ0) is 12.9. The second-order valence-electron chi connectivity index (χ2n) is 4.12. The first kappa shape index (κ1) is 13.8. The van der Waals surface area contributed by atoms with Gasteiger partial charge in [-0.15, -0.1) is 0 Å². The highest BCUT2D eigenvalue weighted by Crippen LogP contribution is 2.34. The molecule has 0 aliphatic carbocycles. The van der Waals surface area contributed by atoms with Crippen LogP contribution in [0.15, 0.2) is 18.2 Å². The molecule has 4 heteroatoms. The van der Waals surface area contributed by atoms with Crippen molar-refractivity contribution in [2.45, 2.75) is 18.9 Å². The molecule has 1 unspecified atom stereocenters. The molecule has 1 rings (SSSR count). The van der Waals surface area contributed by atoms with Crippen LogP contribution in [0.5, 0.6) is 11.5 Å². The molecule has 0 radical (unpaired) electrons. The Bertz CT molecular complexity index is 368. The van der Waals surface area contributed by atoms with Crippen LogP contribution >= 0.6 is 0 Å². The molecule has 1 aromatic rings. The van der Waals surface area contributed by atoms with Crippen LogP contribution in [-0.2, 0) is 5.54 Å². The molecule has 0 aliphatic heterocycles. The zero-order valence-electron chi connectivity index (χ0n) is 10.9.